The highest BCUT2D eigenvalue weighted by molar-refractivity contribution is 5.47. The van der Waals surface area contributed by atoms with Crippen molar-refractivity contribution in [3.8, 4) is 11.5 Å². The van der Waals surface area contributed by atoms with Crippen molar-refractivity contribution in [3.63, 3.8) is 0 Å². The Labute approximate surface area is 103 Å². The molecule has 1 aliphatic rings. The number of benzene rings is 1. The zero-order chi connectivity index (χ0) is 12.3. The summed E-state index contributed by atoms with van der Waals surface area (Å²) in [5.41, 5.74) is 7.07. The van der Waals surface area contributed by atoms with Crippen molar-refractivity contribution in [1.29, 1.82) is 0 Å². The SMILES string of the molecule is CCOc1cccc([C@@H](N)C2CCCC2)c1O. The summed E-state index contributed by atoms with van der Waals surface area (Å²) in [4.78, 5) is 0. The predicted molar refractivity (Wildman–Crippen MR) is 68.2 cm³/mol. The Morgan fingerprint density at radius 2 is 2.12 bits per heavy atom. The van der Waals surface area contributed by atoms with Crippen LogP contribution in [-0.4, -0.2) is 11.7 Å². The van der Waals surface area contributed by atoms with Crippen LogP contribution in [0, 0.1) is 5.92 Å². The number of rotatable bonds is 4. The first-order valence-electron chi connectivity index (χ1n) is 6.44. The second-order valence-electron chi connectivity index (χ2n) is 4.70. The van der Waals surface area contributed by atoms with Crippen molar-refractivity contribution < 1.29 is 9.84 Å². The molecule has 0 amide bonds. The molecule has 0 aromatic heterocycles. The molecule has 3 N–H and O–H groups in total. The van der Waals surface area contributed by atoms with Crippen LogP contribution < -0.4 is 10.5 Å². The lowest BCUT2D eigenvalue weighted by Crippen LogP contribution is -2.19. The normalized spacial score (nSPS) is 18.2. The van der Waals surface area contributed by atoms with Gasteiger partial charge in [-0.25, -0.2) is 0 Å². The third-order valence-electron chi connectivity index (χ3n) is 3.60. The van der Waals surface area contributed by atoms with E-state index >= 15 is 0 Å². The van der Waals surface area contributed by atoms with E-state index in [0.29, 0.717) is 18.3 Å². The highest BCUT2D eigenvalue weighted by atomic mass is 16.5. The molecule has 1 aliphatic carbocycles. The Kier molecular flexibility index (Phi) is 3.89. The van der Waals surface area contributed by atoms with Gasteiger partial charge in [0.05, 0.1) is 6.61 Å². The fourth-order valence-electron chi connectivity index (χ4n) is 2.65. The van der Waals surface area contributed by atoms with E-state index in [2.05, 4.69) is 0 Å². The Balaban J connectivity index is 2.21. The highest BCUT2D eigenvalue weighted by Crippen LogP contribution is 2.40. The largest absolute Gasteiger partial charge is 0.504 e. The van der Waals surface area contributed by atoms with Crippen LogP contribution in [0.1, 0.15) is 44.2 Å². The molecule has 0 aliphatic heterocycles. The molecule has 2 rings (SSSR count). The fourth-order valence-corrected chi connectivity index (χ4v) is 2.65. The minimum atomic E-state index is -0.0714. The summed E-state index contributed by atoms with van der Waals surface area (Å²) in [5, 5.41) is 10.1. The highest BCUT2D eigenvalue weighted by Gasteiger charge is 2.25. The molecule has 1 fully saturated rings. The van der Waals surface area contributed by atoms with E-state index in [4.69, 9.17) is 10.5 Å². The number of phenolic OH excluding ortho intramolecular Hbond substituents is 1. The molecule has 0 unspecified atom stereocenters. The second-order valence-corrected chi connectivity index (χ2v) is 4.70. The third kappa shape index (κ3) is 2.55. The van der Waals surface area contributed by atoms with E-state index in [0.717, 1.165) is 5.56 Å². The topological polar surface area (TPSA) is 55.5 Å². The van der Waals surface area contributed by atoms with Crippen LogP contribution in [0.5, 0.6) is 11.5 Å². The van der Waals surface area contributed by atoms with Crippen molar-refractivity contribution in [2.24, 2.45) is 11.7 Å². The maximum absolute atomic E-state index is 10.1. The first-order chi connectivity index (χ1) is 8.24. The lowest BCUT2D eigenvalue weighted by atomic mass is 9.92. The minimum Gasteiger partial charge on any atom is -0.504 e. The van der Waals surface area contributed by atoms with Gasteiger partial charge >= 0.3 is 0 Å². The second kappa shape index (κ2) is 5.41. The van der Waals surface area contributed by atoms with E-state index in [1.807, 2.05) is 19.1 Å². The molecule has 17 heavy (non-hydrogen) atoms. The monoisotopic (exact) mass is 235 g/mol. The first-order valence-corrected chi connectivity index (χ1v) is 6.44. The number of phenols is 1. The predicted octanol–water partition coefficient (Wildman–Crippen LogP) is 2.98. The van der Waals surface area contributed by atoms with Gasteiger partial charge in [-0.15, -0.1) is 0 Å². The van der Waals surface area contributed by atoms with Crippen molar-refractivity contribution >= 4 is 0 Å². The van der Waals surface area contributed by atoms with E-state index in [9.17, 15) is 5.11 Å². The van der Waals surface area contributed by atoms with Gasteiger partial charge in [0.2, 0.25) is 0 Å². The number of aromatic hydroxyl groups is 1. The Bertz CT molecular complexity index is 372. The summed E-state index contributed by atoms with van der Waals surface area (Å²) in [6, 6.07) is 5.51. The van der Waals surface area contributed by atoms with Crippen LogP contribution in [0.2, 0.25) is 0 Å². The van der Waals surface area contributed by atoms with Crippen LogP contribution in [0.25, 0.3) is 0 Å². The van der Waals surface area contributed by atoms with Gasteiger partial charge in [0, 0.05) is 11.6 Å². The zero-order valence-electron chi connectivity index (χ0n) is 10.4. The lowest BCUT2D eigenvalue weighted by molar-refractivity contribution is 0.313. The first kappa shape index (κ1) is 12.2. The Hall–Kier alpha value is -1.22. The van der Waals surface area contributed by atoms with Crippen molar-refractivity contribution in [1.82, 2.24) is 0 Å². The summed E-state index contributed by atoms with van der Waals surface area (Å²) in [7, 11) is 0. The molecule has 0 radical (unpaired) electrons. The summed E-state index contributed by atoms with van der Waals surface area (Å²) in [5.74, 6) is 1.25. The van der Waals surface area contributed by atoms with E-state index in [1.165, 1.54) is 25.7 Å². The number of hydrogen-bond acceptors (Lipinski definition) is 3. The van der Waals surface area contributed by atoms with Gasteiger partial charge in [-0.05, 0) is 31.7 Å². The minimum absolute atomic E-state index is 0.0714. The molecule has 1 aromatic rings. The number of hydrogen-bond donors (Lipinski definition) is 2. The molecule has 3 nitrogen and oxygen atoms in total. The summed E-state index contributed by atoms with van der Waals surface area (Å²) < 4.78 is 5.38. The molecule has 3 heteroatoms. The van der Waals surface area contributed by atoms with E-state index in [-0.39, 0.29) is 11.8 Å². The van der Waals surface area contributed by atoms with E-state index < -0.39 is 0 Å². The van der Waals surface area contributed by atoms with E-state index in [1.54, 1.807) is 6.07 Å². The van der Waals surface area contributed by atoms with Gasteiger partial charge in [-0.3, -0.25) is 0 Å². The van der Waals surface area contributed by atoms with Crippen molar-refractivity contribution in [2.45, 2.75) is 38.6 Å². The van der Waals surface area contributed by atoms with Crippen LogP contribution in [-0.2, 0) is 0 Å². The quantitative estimate of drug-likeness (QED) is 0.843. The summed E-state index contributed by atoms with van der Waals surface area (Å²) >= 11 is 0. The fraction of sp³-hybridized carbons (Fsp3) is 0.571. The van der Waals surface area contributed by atoms with Crippen LogP contribution >= 0.6 is 0 Å². The Morgan fingerprint density at radius 3 is 2.76 bits per heavy atom. The molecule has 0 heterocycles. The number of ether oxygens (including phenoxy) is 1. The molecule has 1 aromatic carbocycles. The lowest BCUT2D eigenvalue weighted by Gasteiger charge is -2.21. The maximum Gasteiger partial charge on any atom is 0.162 e. The van der Waals surface area contributed by atoms with Gasteiger partial charge in [-0.2, -0.15) is 0 Å². The van der Waals surface area contributed by atoms with Crippen molar-refractivity contribution in [3.05, 3.63) is 23.8 Å². The molecule has 1 atom stereocenters. The Morgan fingerprint density at radius 1 is 1.41 bits per heavy atom. The molecule has 94 valence electrons. The van der Waals surface area contributed by atoms with Gasteiger partial charge in [0.15, 0.2) is 11.5 Å². The van der Waals surface area contributed by atoms with Crippen LogP contribution in [0.15, 0.2) is 18.2 Å². The average Bonchev–Trinajstić information content (AvgIpc) is 2.85. The number of nitrogens with two attached hydrogens (primary N) is 1. The molecule has 0 bridgehead atoms. The van der Waals surface area contributed by atoms with Crippen LogP contribution in [0.4, 0.5) is 0 Å². The molecular formula is C14H21NO2. The van der Waals surface area contributed by atoms with Gasteiger partial charge in [0.1, 0.15) is 0 Å². The van der Waals surface area contributed by atoms with Gasteiger partial charge in [0.25, 0.3) is 0 Å². The van der Waals surface area contributed by atoms with Gasteiger partial charge in [-0.1, -0.05) is 25.0 Å². The van der Waals surface area contributed by atoms with Gasteiger partial charge < -0.3 is 15.6 Å². The maximum atomic E-state index is 10.1. The summed E-state index contributed by atoms with van der Waals surface area (Å²) in [6.45, 7) is 2.46. The third-order valence-corrected chi connectivity index (χ3v) is 3.60. The summed E-state index contributed by atoms with van der Waals surface area (Å²) in [6.07, 6.45) is 4.84. The average molecular weight is 235 g/mol. The molecule has 0 spiro atoms. The standard InChI is InChI=1S/C14H21NO2/c1-2-17-12-9-5-8-11(14(12)16)13(15)10-6-3-4-7-10/h5,8-10,13,16H,2-4,6-7,15H2,1H3/t13-/m0/s1. The van der Waals surface area contributed by atoms with Crippen molar-refractivity contribution in [2.75, 3.05) is 6.61 Å². The number of para-hydroxylation sites is 1. The zero-order valence-corrected chi connectivity index (χ0v) is 10.4. The molecular weight excluding hydrogens is 214 g/mol. The van der Waals surface area contributed by atoms with Crippen LogP contribution in [0.3, 0.4) is 0 Å². The molecule has 1 saturated carbocycles. The molecule has 0 saturated heterocycles. The smallest absolute Gasteiger partial charge is 0.162 e.